The molecule has 0 aliphatic heterocycles. The van der Waals surface area contributed by atoms with E-state index < -0.39 is 10.9 Å². The van der Waals surface area contributed by atoms with Gasteiger partial charge in [-0.2, -0.15) is 0 Å². The van der Waals surface area contributed by atoms with Gasteiger partial charge >= 0.3 is 5.97 Å². The van der Waals surface area contributed by atoms with E-state index in [-0.39, 0.29) is 17.3 Å². The topological polar surface area (TPSA) is 92.5 Å². The lowest BCUT2D eigenvalue weighted by atomic mass is 10.1. The van der Waals surface area contributed by atoms with Crippen LogP contribution in [0, 0.1) is 10.1 Å². The van der Waals surface area contributed by atoms with E-state index in [2.05, 4.69) is 5.32 Å². The maximum Gasteiger partial charge on any atom is 0.337 e. The van der Waals surface area contributed by atoms with Crippen molar-refractivity contribution in [3.05, 3.63) is 33.9 Å². The van der Waals surface area contributed by atoms with Crippen molar-refractivity contribution in [2.24, 2.45) is 0 Å². The zero-order valence-corrected chi connectivity index (χ0v) is 11.0. The Kier molecular flexibility index (Phi) is 5.29. The third kappa shape index (κ3) is 3.94. The van der Waals surface area contributed by atoms with Crippen molar-refractivity contribution in [2.75, 3.05) is 5.32 Å². The number of benzene rings is 1. The Morgan fingerprint density at radius 2 is 2.16 bits per heavy atom. The Morgan fingerprint density at radius 3 is 2.63 bits per heavy atom. The number of anilines is 1. The minimum atomic E-state index is -1.09. The minimum absolute atomic E-state index is 0.0557. The van der Waals surface area contributed by atoms with Crippen LogP contribution in [0.25, 0.3) is 0 Å². The summed E-state index contributed by atoms with van der Waals surface area (Å²) >= 11 is 0. The van der Waals surface area contributed by atoms with Gasteiger partial charge in [0.1, 0.15) is 0 Å². The lowest BCUT2D eigenvalue weighted by Gasteiger charge is -2.18. The van der Waals surface area contributed by atoms with E-state index >= 15 is 0 Å². The average molecular weight is 266 g/mol. The van der Waals surface area contributed by atoms with Gasteiger partial charge in [0.05, 0.1) is 16.2 Å². The first kappa shape index (κ1) is 14.9. The quantitative estimate of drug-likeness (QED) is 0.583. The molecule has 6 nitrogen and oxygen atoms in total. The molecule has 0 aliphatic rings. The number of nitro groups is 1. The zero-order valence-electron chi connectivity index (χ0n) is 11.0. The van der Waals surface area contributed by atoms with Gasteiger partial charge in [-0.1, -0.05) is 20.3 Å². The van der Waals surface area contributed by atoms with Crippen LogP contribution in [0.15, 0.2) is 18.2 Å². The standard InChI is InChI=1S/C13H18N2O4/c1-3-5-9(4-2)14-12-8-10(15(18)19)6-7-11(12)13(16)17/h6-9,14H,3-5H2,1-2H3,(H,16,17). The number of nitrogens with one attached hydrogen (secondary N) is 1. The molecule has 0 radical (unpaired) electrons. The highest BCUT2D eigenvalue weighted by atomic mass is 16.6. The fourth-order valence-electron chi connectivity index (χ4n) is 1.90. The number of nitro benzene ring substituents is 1. The van der Waals surface area contributed by atoms with Gasteiger partial charge in [-0.25, -0.2) is 4.79 Å². The van der Waals surface area contributed by atoms with Crippen LogP contribution in [0.3, 0.4) is 0 Å². The van der Waals surface area contributed by atoms with Crippen LogP contribution in [0.4, 0.5) is 11.4 Å². The molecule has 0 spiro atoms. The van der Waals surface area contributed by atoms with Gasteiger partial charge in [-0.3, -0.25) is 10.1 Å². The second-order valence-electron chi connectivity index (χ2n) is 4.33. The van der Waals surface area contributed by atoms with Gasteiger partial charge < -0.3 is 10.4 Å². The Hall–Kier alpha value is -2.11. The van der Waals surface area contributed by atoms with Gasteiger partial charge in [0.25, 0.3) is 5.69 Å². The van der Waals surface area contributed by atoms with Crippen LogP contribution in [0.5, 0.6) is 0 Å². The van der Waals surface area contributed by atoms with E-state index in [1.165, 1.54) is 18.2 Å². The summed E-state index contributed by atoms with van der Waals surface area (Å²) in [4.78, 5) is 21.3. The monoisotopic (exact) mass is 266 g/mol. The van der Waals surface area contributed by atoms with Crippen LogP contribution < -0.4 is 5.32 Å². The molecule has 0 aromatic heterocycles. The maximum absolute atomic E-state index is 11.1. The number of hydrogen-bond acceptors (Lipinski definition) is 4. The van der Waals surface area contributed by atoms with Crippen molar-refractivity contribution in [2.45, 2.75) is 39.2 Å². The van der Waals surface area contributed by atoms with Crippen LogP contribution in [-0.4, -0.2) is 22.0 Å². The molecule has 1 aromatic rings. The van der Waals surface area contributed by atoms with Gasteiger partial charge in [-0.15, -0.1) is 0 Å². The van der Waals surface area contributed by atoms with Crippen molar-refractivity contribution in [1.29, 1.82) is 0 Å². The van der Waals surface area contributed by atoms with Crippen molar-refractivity contribution in [1.82, 2.24) is 0 Å². The Balaban J connectivity index is 3.09. The van der Waals surface area contributed by atoms with Crippen molar-refractivity contribution < 1.29 is 14.8 Å². The molecule has 104 valence electrons. The molecule has 0 saturated heterocycles. The van der Waals surface area contributed by atoms with Gasteiger partial charge in [-0.05, 0) is 18.9 Å². The van der Waals surface area contributed by atoms with E-state index in [1.807, 2.05) is 13.8 Å². The molecular formula is C13H18N2O4. The summed E-state index contributed by atoms with van der Waals surface area (Å²) in [5.41, 5.74) is 0.251. The number of aromatic carboxylic acids is 1. The lowest BCUT2D eigenvalue weighted by molar-refractivity contribution is -0.384. The predicted molar refractivity (Wildman–Crippen MR) is 72.7 cm³/mol. The van der Waals surface area contributed by atoms with E-state index in [0.717, 1.165) is 19.3 Å². The lowest BCUT2D eigenvalue weighted by Crippen LogP contribution is -2.20. The first-order chi connectivity index (χ1) is 8.99. The SMILES string of the molecule is CCCC(CC)Nc1cc([N+](=O)[O-])ccc1C(=O)O. The number of nitrogens with zero attached hydrogens (tertiary/aromatic N) is 1. The first-order valence-electron chi connectivity index (χ1n) is 6.27. The highest BCUT2D eigenvalue weighted by Gasteiger charge is 2.17. The third-order valence-corrected chi connectivity index (χ3v) is 2.93. The largest absolute Gasteiger partial charge is 0.478 e. The number of carboxylic acids is 1. The fraction of sp³-hybridized carbons (Fsp3) is 0.462. The molecule has 0 aliphatic carbocycles. The third-order valence-electron chi connectivity index (χ3n) is 2.93. The summed E-state index contributed by atoms with van der Waals surface area (Å²) in [5.74, 6) is -1.09. The molecule has 0 amide bonds. The molecule has 0 fully saturated rings. The van der Waals surface area contributed by atoms with Crippen molar-refractivity contribution >= 4 is 17.3 Å². The number of hydrogen-bond donors (Lipinski definition) is 2. The normalized spacial score (nSPS) is 11.9. The van der Waals surface area contributed by atoms with E-state index in [0.29, 0.717) is 5.69 Å². The second kappa shape index (κ2) is 6.72. The molecule has 2 N–H and O–H groups in total. The molecule has 1 rings (SSSR count). The predicted octanol–water partition coefficient (Wildman–Crippen LogP) is 3.28. The molecule has 0 heterocycles. The van der Waals surface area contributed by atoms with Gasteiger partial charge in [0.15, 0.2) is 0 Å². The summed E-state index contributed by atoms with van der Waals surface area (Å²) < 4.78 is 0. The number of carbonyl (C=O) groups is 1. The van der Waals surface area contributed by atoms with Crippen molar-refractivity contribution in [3.63, 3.8) is 0 Å². The Morgan fingerprint density at radius 1 is 1.47 bits per heavy atom. The van der Waals surface area contributed by atoms with Gasteiger partial charge in [0.2, 0.25) is 0 Å². The highest BCUT2D eigenvalue weighted by Crippen LogP contribution is 2.24. The summed E-state index contributed by atoms with van der Waals surface area (Å²) in [6, 6.07) is 3.86. The highest BCUT2D eigenvalue weighted by molar-refractivity contribution is 5.94. The van der Waals surface area contributed by atoms with Crippen LogP contribution in [-0.2, 0) is 0 Å². The van der Waals surface area contributed by atoms with Crippen molar-refractivity contribution in [3.8, 4) is 0 Å². The Labute approximate surface area is 111 Å². The fourth-order valence-corrected chi connectivity index (χ4v) is 1.90. The Bertz CT molecular complexity index is 474. The number of non-ortho nitro benzene ring substituents is 1. The van der Waals surface area contributed by atoms with Crippen LogP contribution >= 0.6 is 0 Å². The molecule has 1 unspecified atom stereocenters. The molecule has 0 bridgehead atoms. The van der Waals surface area contributed by atoms with E-state index in [4.69, 9.17) is 5.11 Å². The molecule has 19 heavy (non-hydrogen) atoms. The average Bonchev–Trinajstić information content (AvgIpc) is 2.37. The summed E-state index contributed by atoms with van der Waals surface area (Å²) in [6.45, 7) is 4.03. The van der Waals surface area contributed by atoms with E-state index in [1.54, 1.807) is 0 Å². The molecule has 0 saturated carbocycles. The number of rotatable bonds is 7. The smallest absolute Gasteiger partial charge is 0.337 e. The summed E-state index contributed by atoms with van der Waals surface area (Å²) in [7, 11) is 0. The summed E-state index contributed by atoms with van der Waals surface area (Å²) in [5, 5.41) is 22.9. The molecule has 6 heteroatoms. The van der Waals surface area contributed by atoms with E-state index in [9.17, 15) is 14.9 Å². The minimum Gasteiger partial charge on any atom is -0.478 e. The molecule has 1 aromatic carbocycles. The van der Waals surface area contributed by atoms with Crippen LogP contribution in [0.1, 0.15) is 43.5 Å². The number of carboxylic acid groups (broad SMARTS) is 1. The first-order valence-corrected chi connectivity index (χ1v) is 6.27. The molecule has 1 atom stereocenters. The second-order valence-corrected chi connectivity index (χ2v) is 4.33. The maximum atomic E-state index is 11.1. The molecular weight excluding hydrogens is 248 g/mol. The van der Waals surface area contributed by atoms with Crippen LogP contribution in [0.2, 0.25) is 0 Å². The summed E-state index contributed by atoms with van der Waals surface area (Å²) in [6.07, 6.45) is 2.68. The van der Waals surface area contributed by atoms with Gasteiger partial charge in [0, 0.05) is 18.2 Å². The zero-order chi connectivity index (χ0) is 14.4.